The summed E-state index contributed by atoms with van der Waals surface area (Å²) in [6.07, 6.45) is 0. The lowest BCUT2D eigenvalue weighted by Gasteiger charge is -2.47. The molecule has 4 heterocycles. The van der Waals surface area contributed by atoms with Crippen molar-refractivity contribution in [2.75, 3.05) is 24.5 Å². The summed E-state index contributed by atoms with van der Waals surface area (Å²) >= 11 is 0. The van der Waals surface area contributed by atoms with Crippen LogP contribution >= 0.6 is 0 Å². The van der Waals surface area contributed by atoms with Gasteiger partial charge in [0.1, 0.15) is 11.5 Å². The lowest BCUT2D eigenvalue weighted by atomic mass is 9.30. The molecule has 0 aliphatic carbocycles. The number of hydrogen-bond donors (Lipinski definition) is 0. The zero-order valence-electron chi connectivity index (χ0n) is 57.1. The average molecular weight is 1290 g/mol. The molecule has 100 heavy (non-hydrogen) atoms. The van der Waals surface area contributed by atoms with Gasteiger partial charge in [-0.3, -0.25) is 0 Å². The van der Waals surface area contributed by atoms with Crippen LogP contribution in [0.1, 0.15) is 52.7 Å². The standard InChI is InChI=1S/C92H73B2N5O/c1-91(2,3)64-52-48-62(49-53-64)73-40-22-26-44-79(73)96(68-34-16-9-17-35-68)72-58-86-90-88(59-72)100-87-47-29-25-43-76(87)94(90)77-60-78-83(61-82(77)98(86)70-38-20-11-21-39-70)99(80-45-27-23-41-74(80)63-50-54-65(55-51-63)92(4,5)6)85-57-71(95(66-30-12-7-13-31-66)67-32-14-8-15-33-67)56-84-89(85)93(78)75-42-24-28-46-81(75)97(84)69-36-18-10-19-37-69/h7-61H,1-6H3. The molecule has 18 rings (SSSR count). The van der Waals surface area contributed by atoms with E-state index in [4.69, 9.17) is 4.74 Å². The van der Waals surface area contributed by atoms with E-state index in [-0.39, 0.29) is 24.3 Å². The van der Waals surface area contributed by atoms with E-state index in [1.165, 1.54) is 33.0 Å². The maximum absolute atomic E-state index is 7.45. The van der Waals surface area contributed by atoms with Crippen molar-refractivity contribution in [2.45, 2.75) is 52.4 Å². The molecule has 4 aliphatic rings. The predicted octanol–water partition coefficient (Wildman–Crippen LogP) is 21.0. The summed E-state index contributed by atoms with van der Waals surface area (Å²) < 4.78 is 7.45. The lowest BCUT2D eigenvalue weighted by molar-refractivity contribution is 0.487. The van der Waals surface area contributed by atoms with Crippen molar-refractivity contribution in [2.24, 2.45) is 0 Å². The van der Waals surface area contributed by atoms with Gasteiger partial charge in [-0.05, 0) is 175 Å². The molecule has 0 unspecified atom stereocenters. The number of ether oxygens (including phenoxy) is 1. The number of benzene rings is 14. The molecule has 0 spiro atoms. The van der Waals surface area contributed by atoms with Gasteiger partial charge in [0.05, 0.1) is 22.7 Å². The van der Waals surface area contributed by atoms with Gasteiger partial charge >= 0.3 is 0 Å². The van der Waals surface area contributed by atoms with Crippen molar-refractivity contribution >= 4 is 132 Å². The van der Waals surface area contributed by atoms with E-state index in [9.17, 15) is 0 Å². The molecular formula is C92H73B2N5O. The highest BCUT2D eigenvalue weighted by atomic mass is 16.5. The van der Waals surface area contributed by atoms with Crippen LogP contribution in [0.3, 0.4) is 0 Å². The number of anilines is 15. The largest absolute Gasteiger partial charge is 0.458 e. The van der Waals surface area contributed by atoms with Crippen molar-refractivity contribution in [3.63, 3.8) is 0 Å². The summed E-state index contributed by atoms with van der Waals surface area (Å²) in [6.45, 7) is 13.3. The zero-order chi connectivity index (χ0) is 67.4. The fourth-order valence-corrected chi connectivity index (χ4v) is 16.1. The van der Waals surface area contributed by atoms with E-state index in [1.54, 1.807) is 0 Å². The molecule has 4 aliphatic heterocycles. The van der Waals surface area contributed by atoms with E-state index in [2.05, 4.69) is 400 Å². The molecule has 0 N–H and O–H groups in total. The van der Waals surface area contributed by atoms with Crippen molar-refractivity contribution < 1.29 is 4.74 Å². The van der Waals surface area contributed by atoms with E-state index in [0.717, 1.165) is 130 Å². The third-order valence-electron chi connectivity index (χ3n) is 20.7. The second-order valence-corrected chi connectivity index (χ2v) is 28.9. The van der Waals surface area contributed by atoms with Crippen molar-refractivity contribution in [3.8, 4) is 33.8 Å². The smallest absolute Gasteiger partial charge is 0.256 e. The molecule has 0 radical (unpaired) electrons. The summed E-state index contributed by atoms with van der Waals surface area (Å²) in [7, 11) is 0. The highest BCUT2D eigenvalue weighted by molar-refractivity contribution is 7.02. The molecule has 0 fully saturated rings. The monoisotopic (exact) mass is 1290 g/mol. The lowest BCUT2D eigenvalue weighted by Crippen LogP contribution is -2.64. The Morgan fingerprint density at radius 1 is 0.270 bits per heavy atom. The first-order chi connectivity index (χ1) is 48.9. The molecule has 478 valence electrons. The van der Waals surface area contributed by atoms with Crippen LogP contribution in [0, 0.1) is 0 Å². The number of hydrogen-bond acceptors (Lipinski definition) is 6. The zero-order valence-corrected chi connectivity index (χ0v) is 57.1. The van der Waals surface area contributed by atoms with Gasteiger partial charge < -0.3 is 29.2 Å². The first-order valence-corrected chi connectivity index (χ1v) is 35.0. The van der Waals surface area contributed by atoms with Gasteiger partial charge in [0.15, 0.2) is 0 Å². The van der Waals surface area contributed by atoms with Gasteiger partial charge in [-0.1, -0.05) is 260 Å². The number of para-hydroxylation sites is 9. The summed E-state index contributed by atoms with van der Waals surface area (Å²) in [4.78, 5) is 12.6. The second-order valence-electron chi connectivity index (χ2n) is 28.9. The Morgan fingerprint density at radius 2 is 0.680 bits per heavy atom. The van der Waals surface area contributed by atoms with Crippen molar-refractivity contribution in [3.05, 3.63) is 345 Å². The van der Waals surface area contributed by atoms with Crippen LogP contribution in [-0.4, -0.2) is 13.4 Å². The first-order valence-electron chi connectivity index (χ1n) is 35.0. The topological polar surface area (TPSA) is 25.4 Å². The maximum atomic E-state index is 7.45. The molecule has 8 heteroatoms. The Morgan fingerprint density at radius 3 is 1.25 bits per heavy atom. The molecule has 0 saturated heterocycles. The SMILES string of the molecule is CC(C)(C)c1ccc(-c2ccccc2N(c2ccccc2)c2cc3c4c(c2)N(c2ccccc2)c2cc5c(cc2B4c2ccccc2O3)B2c3ccccc3N(c3ccccc3)c3cc(N(c4ccccc4)c4ccccc4)cc(c32)N5c2ccccc2-c2ccc(C(C)(C)C)cc2)cc1. The molecule has 0 amide bonds. The molecular weight excluding hydrogens is 1210 g/mol. The van der Waals surface area contributed by atoms with E-state index >= 15 is 0 Å². The second kappa shape index (κ2) is 23.9. The van der Waals surface area contributed by atoms with Crippen LogP contribution in [-0.2, 0) is 10.8 Å². The van der Waals surface area contributed by atoms with Crippen LogP contribution in [0.5, 0.6) is 11.5 Å². The Bertz CT molecular complexity index is 5410. The van der Waals surface area contributed by atoms with Gasteiger partial charge in [-0.15, -0.1) is 0 Å². The normalized spacial score (nSPS) is 13.1. The minimum atomic E-state index is -0.224. The Hall–Kier alpha value is -12.0. The molecule has 6 nitrogen and oxygen atoms in total. The molecule has 0 bridgehead atoms. The number of rotatable bonds is 11. The minimum absolute atomic E-state index is 0.00964. The van der Waals surface area contributed by atoms with E-state index in [0.29, 0.717) is 0 Å². The maximum Gasteiger partial charge on any atom is 0.256 e. The fraction of sp³-hybridized carbons (Fsp3) is 0.0870. The van der Waals surface area contributed by atoms with Gasteiger partial charge in [0.2, 0.25) is 0 Å². The Kier molecular flexibility index (Phi) is 14.5. The summed E-state index contributed by atoms with van der Waals surface area (Å²) in [5.74, 6) is 1.67. The van der Waals surface area contributed by atoms with E-state index < -0.39 is 0 Å². The third kappa shape index (κ3) is 10.1. The molecule has 0 aromatic heterocycles. The summed E-state index contributed by atoms with van der Waals surface area (Å²) in [5.41, 5.74) is 30.3. The third-order valence-corrected chi connectivity index (χ3v) is 20.7. The Labute approximate surface area is 588 Å². The van der Waals surface area contributed by atoms with Crippen molar-refractivity contribution in [1.29, 1.82) is 0 Å². The summed E-state index contributed by atoms with van der Waals surface area (Å²) in [5, 5.41) is 0. The molecule has 0 atom stereocenters. The van der Waals surface area contributed by atoms with Crippen LogP contribution in [0.15, 0.2) is 334 Å². The van der Waals surface area contributed by atoms with Gasteiger partial charge in [0, 0.05) is 79.8 Å². The Balaban J connectivity index is 0.944. The fourth-order valence-electron chi connectivity index (χ4n) is 16.1. The van der Waals surface area contributed by atoms with Crippen LogP contribution in [0.25, 0.3) is 22.3 Å². The highest BCUT2D eigenvalue weighted by Gasteiger charge is 2.49. The van der Waals surface area contributed by atoms with Gasteiger partial charge in [-0.25, -0.2) is 0 Å². The average Bonchev–Trinajstić information content (AvgIpc) is 0.681. The molecule has 0 saturated carbocycles. The molecule has 14 aromatic rings. The van der Waals surface area contributed by atoms with E-state index in [1.807, 2.05) is 0 Å². The summed E-state index contributed by atoms with van der Waals surface area (Å²) in [6, 6.07) is 124. The number of fused-ring (bicyclic) bond motifs is 8. The van der Waals surface area contributed by atoms with Crippen molar-refractivity contribution in [1.82, 2.24) is 0 Å². The molecule has 14 aromatic carbocycles. The van der Waals surface area contributed by atoms with Gasteiger partial charge in [-0.2, -0.15) is 0 Å². The van der Waals surface area contributed by atoms with Gasteiger partial charge in [0.25, 0.3) is 13.4 Å². The number of nitrogens with zero attached hydrogens (tertiary/aromatic N) is 5. The highest BCUT2D eigenvalue weighted by Crippen LogP contribution is 2.53. The minimum Gasteiger partial charge on any atom is -0.458 e. The van der Waals surface area contributed by atoms with Crippen LogP contribution < -0.4 is 62.0 Å². The van der Waals surface area contributed by atoms with Crippen LogP contribution in [0.2, 0.25) is 0 Å². The first kappa shape index (κ1) is 60.4. The quantitative estimate of drug-likeness (QED) is 0.120. The predicted molar refractivity (Wildman–Crippen MR) is 424 cm³/mol. The van der Waals surface area contributed by atoms with Crippen LogP contribution in [0.4, 0.5) is 85.3 Å².